The second-order valence-electron chi connectivity index (χ2n) is 5.89. The van der Waals surface area contributed by atoms with E-state index in [1.54, 1.807) is 0 Å². The minimum atomic E-state index is -2.57. The Hall–Kier alpha value is -1.99. The lowest BCUT2D eigenvalue weighted by molar-refractivity contribution is -0.204. The Morgan fingerprint density at radius 3 is 2.52 bits per heavy atom. The van der Waals surface area contributed by atoms with Crippen LogP contribution in [0.5, 0.6) is 0 Å². The molecule has 1 aliphatic carbocycles. The monoisotopic (exact) mass is 332 g/mol. The molecule has 23 heavy (non-hydrogen) atoms. The third kappa shape index (κ3) is 7.21. The predicted octanol–water partition coefficient (Wildman–Crippen LogP) is 2.54. The van der Waals surface area contributed by atoms with Crippen LogP contribution in [0.2, 0.25) is 0 Å². The lowest BCUT2D eigenvalue weighted by Crippen LogP contribution is -2.34. The van der Waals surface area contributed by atoms with Gasteiger partial charge in [0, 0.05) is 44.5 Å². The summed E-state index contributed by atoms with van der Waals surface area (Å²) in [5.74, 6) is -4.57. The maximum absolute atomic E-state index is 13.0. The lowest BCUT2D eigenvalue weighted by Gasteiger charge is -2.27. The van der Waals surface area contributed by atoms with Crippen LogP contribution in [0.25, 0.3) is 0 Å². The van der Waals surface area contributed by atoms with Crippen molar-refractivity contribution in [2.24, 2.45) is 5.10 Å². The second-order valence-corrected chi connectivity index (χ2v) is 5.89. The highest BCUT2D eigenvalue weighted by Gasteiger charge is 2.34. The van der Waals surface area contributed by atoms with Gasteiger partial charge in [0.15, 0.2) is 0 Å². The summed E-state index contributed by atoms with van der Waals surface area (Å²) in [7, 11) is 0. The van der Waals surface area contributed by atoms with E-state index >= 15 is 0 Å². The Kier molecular flexibility index (Phi) is 6.65. The number of nitrogens with one attached hydrogen (secondary N) is 1. The molecule has 1 saturated carbocycles. The molecule has 0 saturated heterocycles. The van der Waals surface area contributed by atoms with Crippen LogP contribution in [0.15, 0.2) is 16.8 Å². The van der Waals surface area contributed by atoms with Crippen molar-refractivity contribution >= 4 is 18.7 Å². The second kappa shape index (κ2) is 8.03. The first kappa shape index (κ1) is 19.1. The molecule has 0 radical (unpaired) electrons. The Balaban J connectivity index is 2.41. The summed E-state index contributed by atoms with van der Waals surface area (Å²) >= 11 is 0. The van der Waals surface area contributed by atoms with Crippen molar-refractivity contribution in [3.8, 4) is 0 Å². The van der Waals surface area contributed by atoms with Crippen LogP contribution in [-0.4, -0.2) is 36.4 Å². The van der Waals surface area contributed by atoms with E-state index in [-0.39, 0.29) is 30.9 Å². The van der Waals surface area contributed by atoms with Crippen LogP contribution < -0.4 is 5.43 Å². The molecule has 130 valence electrons. The van der Waals surface area contributed by atoms with Gasteiger partial charge in [0.1, 0.15) is 0 Å². The minimum Gasteiger partial charge on any atom is -0.425 e. The molecular weight excluding hydrogens is 310 g/mol. The van der Waals surface area contributed by atoms with Gasteiger partial charge in [-0.15, -0.1) is 0 Å². The van der Waals surface area contributed by atoms with E-state index in [9.17, 15) is 18.4 Å². The number of carbonyl (C=O) groups excluding carboxylic acids is 2. The first-order chi connectivity index (χ1) is 10.7. The van der Waals surface area contributed by atoms with Gasteiger partial charge in [0.05, 0.1) is 0 Å². The predicted molar refractivity (Wildman–Crippen MR) is 79.9 cm³/mol. The van der Waals surface area contributed by atoms with Gasteiger partial charge in [-0.1, -0.05) is 0 Å². The normalized spacial score (nSPS) is 19.4. The van der Waals surface area contributed by atoms with Crippen LogP contribution >= 0.6 is 0 Å². The van der Waals surface area contributed by atoms with Gasteiger partial charge < -0.3 is 14.9 Å². The van der Waals surface area contributed by atoms with Crippen molar-refractivity contribution in [3.63, 3.8) is 0 Å². The number of halogens is 2. The van der Waals surface area contributed by atoms with E-state index in [1.165, 1.54) is 33.1 Å². The molecule has 0 unspecified atom stereocenters. The van der Waals surface area contributed by atoms with Crippen LogP contribution in [0.4, 0.5) is 8.78 Å². The Morgan fingerprint density at radius 1 is 1.35 bits per heavy atom. The van der Waals surface area contributed by atoms with Gasteiger partial charge >= 0.3 is 5.97 Å². The van der Waals surface area contributed by atoms with E-state index in [2.05, 4.69) is 15.3 Å². The highest BCUT2D eigenvalue weighted by Crippen LogP contribution is 2.32. The van der Waals surface area contributed by atoms with Crippen molar-refractivity contribution in [1.29, 1.82) is 0 Å². The molecule has 0 aliphatic heterocycles. The summed E-state index contributed by atoms with van der Waals surface area (Å²) in [6.07, 6.45) is 3.19. The number of hydrogen-bond donors (Lipinski definition) is 1. The van der Waals surface area contributed by atoms with Gasteiger partial charge in [0.25, 0.3) is 12.3 Å². The number of hydrazone groups is 1. The smallest absolute Gasteiger partial charge is 0.337 e. The standard InChI is InChI=1S/C15H22F2N2O4/c1-11(13(21)23-14(2,3)22-10-20)6-9-18-19-12-4-7-15(16,17)8-5-12/h6,9-10,12,19H,4-5,7-8H2,1-3H3/b11-6+,18-9-. The van der Waals surface area contributed by atoms with Crippen molar-refractivity contribution in [3.05, 3.63) is 11.6 Å². The molecule has 0 bridgehead atoms. The van der Waals surface area contributed by atoms with E-state index in [4.69, 9.17) is 4.74 Å². The van der Waals surface area contributed by atoms with Crippen LogP contribution in [0.3, 0.4) is 0 Å². The molecule has 1 N–H and O–H groups in total. The van der Waals surface area contributed by atoms with Gasteiger partial charge in [0.2, 0.25) is 5.92 Å². The maximum Gasteiger partial charge on any atom is 0.337 e. The SMILES string of the molecule is C/C(=C\C=N/NC1CCC(F)(F)CC1)C(=O)OC(C)(C)OC=O. The zero-order valence-corrected chi connectivity index (χ0v) is 13.5. The Labute approximate surface area is 133 Å². The maximum atomic E-state index is 13.0. The first-order valence-corrected chi connectivity index (χ1v) is 7.33. The average molecular weight is 332 g/mol. The summed E-state index contributed by atoms with van der Waals surface area (Å²) in [6, 6.07) is -0.0912. The summed E-state index contributed by atoms with van der Waals surface area (Å²) in [6.45, 7) is 4.58. The highest BCUT2D eigenvalue weighted by atomic mass is 19.3. The molecule has 0 aromatic rings. The largest absolute Gasteiger partial charge is 0.425 e. The number of allylic oxidation sites excluding steroid dienone is 1. The zero-order chi connectivity index (χ0) is 17.5. The first-order valence-electron chi connectivity index (χ1n) is 7.33. The van der Waals surface area contributed by atoms with Crippen molar-refractivity contribution in [1.82, 2.24) is 5.43 Å². The van der Waals surface area contributed by atoms with Gasteiger partial charge in [-0.05, 0) is 25.8 Å². The van der Waals surface area contributed by atoms with Crippen molar-refractivity contribution < 1.29 is 27.8 Å². The van der Waals surface area contributed by atoms with Gasteiger partial charge in [-0.3, -0.25) is 4.79 Å². The zero-order valence-electron chi connectivity index (χ0n) is 13.5. The molecule has 8 heteroatoms. The number of hydrogen-bond acceptors (Lipinski definition) is 6. The fraction of sp³-hybridized carbons (Fsp3) is 0.667. The third-order valence-corrected chi connectivity index (χ3v) is 3.37. The summed E-state index contributed by atoms with van der Waals surface area (Å²) < 4.78 is 35.6. The summed E-state index contributed by atoms with van der Waals surface area (Å²) in [5, 5.41) is 3.91. The van der Waals surface area contributed by atoms with Crippen LogP contribution in [0.1, 0.15) is 46.5 Å². The van der Waals surface area contributed by atoms with Crippen LogP contribution in [0, 0.1) is 0 Å². The molecule has 0 atom stereocenters. The fourth-order valence-electron chi connectivity index (χ4n) is 1.98. The Morgan fingerprint density at radius 2 is 1.96 bits per heavy atom. The Bertz CT molecular complexity index is 480. The molecule has 0 heterocycles. The average Bonchev–Trinajstić information content (AvgIpc) is 2.44. The molecular formula is C15H22F2N2O4. The minimum absolute atomic E-state index is 0.0912. The van der Waals surface area contributed by atoms with Crippen LogP contribution in [-0.2, 0) is 19.1 Å². The molecule has 6 nitrogen and oxygen atoms in total. The molecule has 1 aliphatic rings. The number of ether oxygens (including phenoxy) is 2. The quantitative estimate of drug-likeness (QED) is 0.194. The third-order valence-electron chi connectivity index (χ3n) is 3.37. The molecule has 1 fully saturated rings. The highest BCUT2D eigenvalue weighted by molar-refractivity contribution is 5.93. The van der Waals surface area contributed by atoms with Crippen molar-refractivity contribution in [2.45, 2.75) is 64.2 Å². The molecule has 0 aromatic heterocycles. The lowest BCUT2D eigenvalue weighted by atomic mass is 9.93. The fourth-order valence-corrected chi connectivity index (χ4v) is 1.98. The van der Waals surface area contributed by atoms with E-state index in [1.807, 2.05) is 0 Å². The molecule has 0 aromatic carbocycles. The van der Waals surface area contributed by atoms with E-state index in [0.717, 1.165) is 0 Å². The molecule has 0 amide bonds. The molecule has 0 spiro atoms. The van der Waals surface area contributed by atoms with E-state index in [0.29, 0.717) is 12.8 Å². The van der Waals surface area contributed by atoms with E-state index < -0.39 is 17.7 Å². The number of alkyl halides is 2. The van der Waals surface area contributed by atoms with Gasteiger partial charge in [-0.2, -0.15) is 5.10 Å². The summed E-state index contributed by atoms with van der Waals surface area (Å²) in [5.41, 5.74) is 3.05. The number of esters is 1. The molecule has 1 rings (SSSR count). The summed E-state index contributed by atoms with van der Waals surface area (Å²) in [4.78, 5) is 22.0. The van der Waals surface area contributed by atoms with Crippen molar-refractivity contribution in [2.75, 3.05) is 0 Å². The van der Waals surface area contributed by atoms with Gasteiger partial charge in [-0.25, -0.2) is 13.6 Å². The number of nitrogens with zero attached hydrogens (tertiary/aromatic N) is 1. The number of carbonyl (C=O) groups is 2. The number of rotatable bonds is 7. The topological polar surface area (TPSA) is 77.0 Å².